The number of aromatic nitrogens is 1. The summed E-state index contributed by atoms with van der Waals surface area (Å²) in [5.74, 6) is -0.357. The van der Waals surface area contributed by atoms with E-state index in [1.807, 2.05) is 0 Å². The van der Waals surface area contributed by atoms with Crippen LogP contribution in [0.2, 0.25) is 0 Å². The average Bonchev–Trinajstić information content (AvgIpc) is 3.12. The van der Waals surface area contributed by atoms with Crippen molar-refractivity contribution in [2.45, 2.75) is 51.5 Å². The minimum Gasteiger partial charge on any atom is -0.461 e. The molecule has 1 aliphatic carbocycles. The molecule has 26 heavy (non-hydrogen) atoms. The number of carbonyl (C=O) groups is 1. The van der Waals surface area contributed by atoms with Crippen molar-refractivity contribution >= 4 is 34.5 Å². The third-order valence-corrected chi connectivity index (χ3v) is 5.75. The summed E-state index contributed by atoms with van der Waals surface area (Å²) in [6.07, 6.45) is 7.05. The zero-order valence-electron chi connectivity index (χ0n) is 15.0. The fourth-order valence-electron chi connectivity index (χ4n) is 3.16. The summed E-state index contributed by atoms with van der Waals surface area (Å²) >= 11 is 7.04. The van der Waals surface area contributed by atoms with Gasteiger partial charge in [0.1, 0.15) is 4.99 Å². The molecule has 0 amide bonds. The van der Waals surface area contributed by atoms with Crippen LogP contribution in [0.3, 0.4) is 0 Å². The molecule has 2 aromatic rings. The van der Waals surface area contributed by atoms with Crippen LogP contribution in [0.4, 0.5) is 0 Å². The van der Waals surface area contributed by atoms with E-state index in [-0.39, 0.29) is 5.97 Å². The quantitative estimate of drug-likeness (QED) is 0.583. The number of benzene rings is 1. The summed E-state index contributed by atoms with van der Waals surface area (Å²) in [7, 11) is 0. The molecule has 138 valence electrons. The van der Waals surface area contributed by atoms with E-state index in [1.54, 1.807) is 12.3 Å². The number of nitrogens with zero attached hydrogens (tertiary/aromatic N) is 1. The summed E-state index contributed by atoms with van der Waals surface area (Å²) in [6, 6.07) is 8.80. The number of hydrogen-bond acceptors (Lipinski definition) is 5. The molecule has 0 aliphatic heterocycles. The minimum atomic E-state index is -0.357. The predicted molar refractivity (Wildman–Crippen MR) is 109 cm³/mol. The molecule has 0 saturated heterocycles. The summed E-state index contributed by atoms with van der Waals surface area (Å²) in [4.78, 5) is 16.9. The van der Waals surface area contributed by atoms with Crippen LogP contribution in [-0.2, 0) is 11.2 Å². The number of hydrogen-bond donors (Lipinski definition) is 1. The van der Waals surface area contributed by atoms with Crippen molar-refractivity contribution in [3.63, 3.8) is 0 Å². The predicted octanol–water partition coefficient (Wildman–Crippen LogP) is 4.51. The first-order chi connectivity index (χ1) is 12.7. The molecule has 1 aliphatic rings. The first-order valence-electron chi connectivity index (χ1n) is 9.17. The molecule has 1 saturated carbocycles. The molecule has 0 unspecified atom stereocenters. The van der Waals surface area contributed by atoms with Crippen molar-refractivity contribution in [2.24, 2.45) is 0 Å². The van der Waals surface area contributed by atoms with Gasteiger partial charge in [0.05, 0.1) is 11.6 Å². The maximum absolute atomic E-state index is 11.7. The van der Waals surface area contributed by atoms with Crippen molar-refractivity contribution in [2.75, 3.05) is 6.61 Å². The maximum Gasteiger partial charge on any atom is 0.357 e. The molecule has 1 aromatic heterocycles. The molecule has 0 spiro atoms. The lowest BCUT2D eigenvalue weighted by Crippen LogP contribution is -2.35. The van der Waals surface area contributed by atoms with Crippen LogP contribution < -0.4 is 5.32 Å². The van der Waals surface area contributed by atoms with Crippen molar-refractivity contribution in [1.82, 2.24) is 10.3 Å². The van der Waals surface area contributed by atoms with Crippen molar-refractivity contribution in [3.8, 4) is 0 Å². The molecule has 0 radical (unpaired) electrons. The Kier molecular flexibility index (Phi) is 6.74. The monoisotopic (exact) mass is 388 g/mol. The minimum absolute atomic E-state index is 0.357. The molecule has 1 N–H and O–H groups in total. The molecule has 6 heteroatoms. The van der Waals surface area contributed by atoms with E-state index in [2.05, 4.69) is 34.6 Å². The summed E-state index contributed by atoms with van der Waals surface area (Å²) < 4.78 is 4.98. The largest absolute Gasteiger partial charge is 0.461 e. The topological polar surface area (TPSA) is 51.2 Å². The zero-order valence-corrected chi connectivity index (χ0v) is 16.6. The smallest absolute Gasteiger partial charge is 0.357 e. The maximum atomic E-state index is 11.7. The third kappa shape index (κ3) is 5.11. The molecule has 4 nitrogen and oxygen atoms in total. The molecular weight excluding hydrogens is 364 g/mol. The Hall–Kier alpha value is -1.79. The molecule has 0 bridgehead atoms. The van der Waals surface area contributed by atoms with Crippen LogP contribution in [0, 0.1) is 0 Å². The summed E-state index contributed by atoms with van der Waals surface area (Å²) in [6.45, 7) is 2.16. The number of thiazole rings is 1. The second-order valence-corrected chi connectivity index (χ2v) is 7.88. The Bertz CT molecular complexity index is 749. The lowest BCUT2D eigenvalue weighted by molar-refractivity contribution is 0.0520. The van der Waals surface area contributed by atoms with E-state index < -0.39 is 0 Å². The highest BCUT2D eigenvalue weighted by Gasteiger charge is 2.15. The normalized spacial score (nSPS) is 14.8. The van der Waals surface area contributed by atoms with E-state index in [9.17, 15) is 4.79 Å². The van der Waals surface area contributed by atoms with Gasteiger partial charge in [-0.15, -0.1) is 11.3 Å². The first-order valence-corrected chi connectivity index (χ1v) is 10.5. The van der Waals surface area contributed by atoms with Crippen molar-refractivity contribution in [1.29, 1.82) is 0 Å². The lowest BCUT2D eigenvalue weighted by Gasteiger charge is -2.24. The van der Waals surface area contributed by atoms with Crippen LogP contribution in [0.1, 0.15) is 65.7 Å². The van der Waals surface area contributed by atoms with Gasteiger partial charge in [-0.05, 0) is 25.3 Å². The average molecular weight is 389 g/mol. The van der Waals surface area contributed by atoms with Crippen LogP contribution >= 0.6 is 23.6 Å². The fourth-order valence-corrected chi connectivity index (χ4v) is 4.26. The van der Waals surface area contributed by atoms with Crippen molar-refractivity contribution < 1.29 is 9.53 Å². The Labute approximate surface area is 164 Å². The molecular formula is C20H24N2O2S2. The fraction of sp³-hybridized carbons (Fsp3) is 0.450. The van der Waals surface area contributed by atoms with Crippen LogP contribution in [0.5, 0.6) is 0 Å². The number of esters is 1. The number of rotatable bonds is 6. The van der Waals surface area contributed by atoms with Gasteiger partial charge in [0.15, 0.2) is 5.69 Å². The number of thiocarbonyl (C=S) groups is 1. The molecule has 1 fully saturated rings. The van der Waals surface area contributed by atoms with Gasteiger partial charge in [-0.3, -0.25) is 0 Å². The molecule has 3 rings (SSSR count). The van der Waals surface area contributed by atoms with E-state index in [4.69, 9.17) is 17.0 Å². The van der Waals surface area contributed by atoms with Gasteiger partial charge in [0, 0.05) is 23.4 Å². The molecule has 1 heterocycles. The van der Waals surface area contributed by atoms with Crippen LogP contribution in [0.15, 0.2) is 29.6 Å². The lowest BCUT2D eigenvalue weighted by atomic mass is 9.95. The number of carbonyl (C=O) groups excluding carboxylic acids is 1. The number of ether oxygens (including phenoxy) is 1. The highest BCUT2D eigenvalue weighted by atomic mass is 32.1. The number of nitrogens with one attached hydrogen (secondary N) is 1. The van der Waals surface area contributed by atoms with Crippen LogP contribution in [0.25, 0.3) is 0 Å². The molecule has 0 atom stereocenters. The zero-order chi connectivity index (χ0) is 18.4. The van der Waals surface area contributed by atoms with E-state index in [0.29, 0.717) is 24.8 Å². The Morgan fingerprint density at radius 2 is 2.00 bits per heavy atom. The van der Waals surface area contributed by atoms with Gasteiger partial charge in [-0.2, -0.15) is 0 Å². The Morgan fingerprint density at radius 1 is 1.27 bits per heavy atom. The van der Waals surface area contributed by atoms with Gasteiger partial charge >= 0.3 is 5.97 Å². The Balaban J connectivity index is 1.57. The SMILES string of the molecule is CCOC(=O)c1csc(Cc2ccc(C(=S)NC3CCCCC3)cc2)n1. The second-order valence-electron chi connectivity index (χ2n) is 6.53. The van der Waals surface area contributed by atoms with Crippen molar-refractivity contribution in [3.05, 3.63) is 51.5 Å². The van der Waals surface area contributed by atoms with Gasteiger partial charge in [0.25, 0.3) is 0 Å². The third-order valence-electron chi connectivity index (χ3n) is 4.55. The summed E-state index contributed by atoms with van der Waals surface area (Å²) in [5.41, 5.74) is 2.60. The van der Waals surface area contributed by atoms with E-state index in [0.717, 1.165) is 21.1 Å². The Morgan fingerprint density at radius 3 is 2.69 bits per heavy atom. The molecule has 1 aromatic carbocycles. The van der Waals surface area contributed by atoms with Gasteiger partial charge < -0.3 is 10.1 Å². The highest BCUT2D eigenvalue weighted by molar-refractivity contribution is 7.80. The van der Waals surface area contributed by atoms with Gasteiger partial charge in [-0.1, -0.05) is 55.7 Å². The van der Waals surface area contributed by atoms with Gasteiger partial charge in [0.2, 0.25) is 0 Å². The highest BCUT2D eigenvalue weighted by Crippen LogP contribution is 2.19. The first kappa shape index (κ1) is 19.0. The van der Waals surface area contributed by atoms with E-state index in [1.165, 1.54) is 43.4 Å². The standard InChI is InChI=1S/C20H24N2O2S2/c1-2-24-20(23)17-13-26-18(22-17)12-14-8-10-15(11-9-14)19(25)21-16-6-4-3-5-7-16/h8-11,13,16H,2-7,12H2,1H3,(H,21,25). The van der Waals surface area contributed by atoms with Gasteiger partial charge in [-0.25, -0.2) is 9.78 Å². The summed E-state index contributed by atoms with van der Waals surface area (Å²) in [5, 5.41) is 6.16. The van der Waals surface area contributed by atoms with E-state index >= 15 is 0 Å². The second kappa shape index (κ2) is 9.24. The van der Waals surface area contributed by atoms with Crippen LogP contribution in [-0.4, -0.2) is 28.6 Å².